The Hall–Kier alpha value is -2.60. The predicted molar refractivity (Wildman–Crippen MR) is 88.1 cm³/mol. The van der Waals surface area contributed by atoms with Crippen LogP contribution in [0.4, 0.5) is 0 Å². The van der Waals surface area contributed by atoms with E-state index in [1.54, 1.807) is 0 Å². The molecule has 0 spiro atoms. The van der Waals surface area contributed by atoms with Crippen LogP contribution in [0, 0.1) is 5.92 Å². The zero-order chi connectivity index (χ0) is 13.8. The summed E-state index contributed by atoms with van der Waals surface area (Å²) in [5, 5.41) is 2.77. The van der Waals surface area contributed by atoms with Gasteiger partial charge in [-0.05, 0) is 38.3 Å². The third kappa shape index (κ3) is 1.45. The molecule has 0 heteroatoms. The van der Waals surface area contributed by atoms with Gasteiger partial charge < -0.3 is 0 Å². The Morgan fingerprint density at radius 2 is 1.76 bits per heavy atom. The van der Waals surface area contributed by atoms with Crippen molar-refractivity contribution in [3.8, 4) is 11.1 Å². The molecule has 0 N–H and O–H groups in total. The molecule has 21 heavy (non-hydrogen) atoms. The van der Waals surface area contributed by atoms with Crippen molar-refractivity contribution in [2.24, 2.45) is 5.92 Å². The first kappa shape index (κ1) is 11.1. The molecular formula is C21H14. The molecule has 98 valence electrons. The van der Waals surface area contributed by atoms with Crippen molar-refractivity contribution >= 4 is 11.6 Å². The maximum Gasteiger partial charge on any atom is 0.0223 e. The fourth-order valence-electron chi connectivity index (χ4n) is 3.74. The minimum absolute atomic E-state index is 0.389. The summed E-state index contributed by atoms with van der Waals surface area (Å²) in [6.45, 7) is 0. The highest BCUT2D eigenvalue weighted by molar-refractivity contribution is 5.87. The first-order valence-corrected chi connectivity index (χ1v) is 7.43. The lowest BCUT2D eigenvalue weighted by Gasteiger charge is -2.10. The fourth-order valence-corrected chi connectivity index (χ4v) is 3.74. The van der Waals surface area contributed by atoms with Crippen molar-refractivity contribution in [3.63, 3.8) is 0 Å². The number of fused-ring (bicyclic) bond motifs is 6. The van der Waals surface area contributed by atoms with E-state index >= 15 is 0 Å². The maximum absolute atomic E-state index is 2.42. The van der Waals surface area contributed by atoms with Gasteiger partial charge in [0.1, 0.15) is 0 Å². The van der Waals surface area contributed by atoms with Crippen molar-refractivity contribution < 1.29 is 0 Å². The lowest BCUT2D eigenvalue weighted by Crippen LogP contribution is -2.22. The Bertz CT molecular complexity index is 977. The minimum atomic E-state index is 0.389. The van der Waals surface area contributed by atoms with E-state index in [1.807, 2.05) is 0 Å². The molecule has 0 unspecified atom stereocenters. The van der Waals surface area contributed by atoms with Gasteiger partial charge in [0.15, 0.2) is 0 Å². The van der Waals surface area contributed by atoms with Gasteiger partial charge in [0.25, 0.3) is 0 Å². The molecule has 0 radical (unpaired) electrons. The molecule has 0 fully saturated rings. The van der Waals surface area contributed by atoms with Crippen molar-refractivity contribution in [1.29, 1.82) is 0 Å². The highest BCUT2D eigenvalue weighted by atomic mass is 14.3. The lowest BCUT2D eigenvalue weighted by molar-refractivity contribution is 1.18. The van der Waals surface area contributed by atoms with Crippen LogP contribution in [0.25, 0.3) is 22.8 Å². The highest BCUT2D eigenvalue weighted by Gasteiger charge is 2.24. The molecule has 0 aliphatic heterocycles. The third-order valence-corrected chi connectivity index (χ3v) is 4.67. The van der Waals surface area contributed by atoms with Gasteiger partial charge in [-0.1, -0.05) is 78.9 Å². The van der Waals surface area contributed by atoms with Gasteiger partial charge in [-0.2, -0.15) is 0 Å². The summed E-state index contributed by atoms with van der Waals surface area (Å²) >= 11 is 0. The molecular weight excluding hydrogens is 252 g/mol. The minimum Gasteiger partial charge on any atom is -0.0731 e. The third-order valence-electron chi connectivity index (χ3n) is 4.67. The maximum atomic E-state index is 2.42. The van der Waals surface area contributed by atoms with Gasteiger partial charge in [-0.25, -0.2) is 0 Å². The summed E-state index contributed by atoms with van der Waals surface area (Å²) in [6.07, 6.45) is 15.7. The second-order valence-corrected chi connectivity index (χ2v) is 5.80. The van der Waals surface area contributed by atoms with E-state index in [0.29, 0.717) is 5.92 Å². The van der Waals surface area contributed by atoms with E-state index in [1.165, 1.54) is 38.3 Å². The summed E-state index contributed by atoms with van der Waals surface area (Å²) < 4.78 is 0. The van der Waals surface area contributed by atoms with Crippen LogP contribution in [-0.2, 0) is 0 Å². The fraction of sp³-hybridized carbons (Fsp3) is 0.0476. The number of hydrogen-bond acceptors (Lipinski definition) is 0. The van der Waals surface area contributed by atoms with Gasteiger partial charge in [0.2, 0.25) is 0 Å². The van der Waals surface area contributed by atoms with Crippen molar-refractivity contribution in [2.75, 3.05) is 0 Å². The van der Waals surface area contributed by atoms with Crippen LogP contribution in [0.15, 0.2) is 84.0 Å². The van der Waals surface area contributed by atoms with E-state index in [9.17, 15) is 0 Å². The number of rotatable bonds is 0. The Labute approximate surface area is 123 Å². The highest BCUT2D eigenvalue weighted by Crippen LogP contribution is 2.36. The number of hydrogen-bond donors (Lipinski definition) is 0. The number of allylic oxidation sites excluding steroid dienone is 8. The average Bonchev–Trinajstić information content (AvgIpc) is 3.15. The molecule has 0 aromatic carbocycles. The monoisotopic (exact) mass is 266 g/mol. The predicted octanol–water partition coefficient (Wildman–Crippen LogP) is 3.34. The smallest absolute Gasteiger partial charge is 0.0223 e. The van der Waals surface area contributed by atoms with E-state index in [0.717, 1.165) is 0 Å². The molecule has 1 atom stereocenters. The zero-order valence-electron chi connectivity index (χ0n) is 11.6. The summed E-state index contributed by atoms with van der Waals surface area (Å²) in [7, 11) is 0. The van der Waals surface area contributed by atoms with Gasteiger partial charge in [0.05, 0.1) is 0 Å². The van der Waals surface area contributed by atoms with E-state index in [-0.39, 0.29) is 0 Å². The largest absolute Gasteiger partial charge is 0.0731 e. The Kier molecular flexibility index (Phi) is 2.09. The molecule has 5 aliphatic rings. The van der Waals surface area contributed by atoms with Crippen LogP contribution in [0.5, 0.6) is 0 Å². The summed E-state index contributed by atoms with van der Waals surface area (Å²) in [6, 6.07) is 13.2. The second kappa shape index (κ2) is 3.95. The molecule has 0 saturated heterocycles. The van der Waals surface area contributed by atoms with Crippen molar-refractivity contribution in [1.82, 2.24) is 0 Å². The van der Waals surface area contributed by atoms with Crippen LogP contribution >= 0.6 is 0 Å². The normalized spacial score (nSPS) is 21.3. The molecule has 5 rings (SSSR count). The van der Waals surface area contributed by atoms with Crippen LogP contribution in [0.3, 0.4) is 0 Å². The first-order chi connectivity index (χ1) is 10.4. The van der Waals surface area contributed by atoms with Crippen LogP contribution in [0.2, 0.25) is 0 Å². The molecule has 0 nitrogen and oxygen atoms in total. The molecule has 5 aliphatic carbocycles. The molecule has 0 amide bonds. The molecule has 0 aromatic heterocycles. The van der Waals surface area contributed by atoms with Gasteiger partial charge >= 0.3 is 0 Å². The van der Waals surface area contributed by atoms with Crippen LogP contribution in [0.1, 0.15) is 0 Å². The van der Waals surface area contributed by atoms with Gasteiger partial charge in [-0.15, -0.1) is 0 Å². The van der Waals surface area contributed by atoms with E-state index in [2.05, 4.69) is 78.9 Å². The van der Waals surface area contributed by atoms with Crippen LogP contribution < -0.4 is 10.4 Å². The topological polar surface area (TPSA) is 0 Å². The van der Waals surface area contributed by atoms with Gasteiger partial charge in [-0.3, -0.25) is 0 Å². The lowest BCUT2D eigenvalue weighted by atomic mass is 9.92. The van der Waals surface area contributed by atoms with Crippen molar-refractivity contribution in [3.05, 3.63) is 94.4 Å². The Balaban J connectivity index is 1.95. The SMILES string of the molecule is C1=CC2=CC=C[C@@H]3C=c4c5cccc-5cccc4=C3C2=C1. The van der Waals surface area contributed by atoms with Gasteiger partial charge in [0, 0.05) is 5.92 Å². The van der Waals surface area contributed by atoms with E-state index in [4.69, 9.17) is 0 Å². The summed E-state index contributed by atoms with van der Waals surface area (Å²) in [5.41, 5.74) is 6.85. The Morgan fingerprint density at radius 3 is 2.71 bits per heavy atom. The average molecular weight is 266 g/mol. The summed E-state index contributed by atoms with van der Waals surface area (Å²) in [5.74, 6) is 0.389. The molecule has 0 heterocycles. The summed E-state index contributed by atoms with van der Waals surface area (Å²) in [4.78, 5) is 0. The zero-order valence-corrected chi connectivity index (χ0v) is 11.6. The van der Waals surface area contributed by atoms with Crippen molar-refractivity contribution in [2.45, 2.75) is 0 Å². The van der Waals surface area contributed by atoms with Crippen LogP contribution in [-0.4, -0.2) is 0 Å². The Morgan fingerprint density at radius 1 is 0.857 bits per heavy atom. The van der Waals surface area contributed by atoms with E-state index < -0.39 is 0 Å². The quantitative estimate of drug-likeness (QED) is 0.686. The second-order valence-electron chi connectivity index (χ2n) is 5.80. The molecule has 0 saturated carbocycles. The molecule has 0 bridgehead atoms. The first-order valence-electron chi connectivity index (χ1n) is 7.43. The molecule has 0 aromatic rings. The standard InChI is InChI=1S/C21H14/c1-5-15-8-3-11-18(15)21-16(9-1)13-20-17-10-2-6-14(17)7-4-12-19(20)21/h1-13,16H/t16-/m1/s1.